The van der Waals surface area contributed by atoms with Crippen molar-refractivity contribution >= 4 is 5.78 Å². The maximum Gasteiger partial charge on any atom is 0.164 e. The summed E-state index contributed by atoms with van der Waals surface area (Å²) in [7, 11) is 0. The normalized spacial score (nSPS) is 16.8. The Labute approximate surface area is 101 Å². The van der Waals surface area contributed by atoms with Crippen molar-refractivity contribution in [2.24, 2.45) is 5.92 Å². The van der Waals surface area contributed by atoms with Gasteiger partial charge in [-0.05, 0) is 25.2 Å². The fourth-order valence-electron chi connectivity index (χ4n) is 2.02. The molecule has 0 aromatic rings. The van der Waals surface area contributed by atoms with Gasteiger partial charge in [0.15, 0.2) is 5.78 Å². The van der Waals surface area contributed by atoms with E-state index in [9.17, 15) is 4.79 Å². The summed E-state index contributed by atoms with van der Waals surface area (Å²) in [5, 5.41) is 0. The van der Waals surface area contributed by atoms with Gasteiger partial charge in [0, 0.05) is 13.0 Å². The number of carbonyl (C=O) groups is 1. The second kappa shape index (κ2) is 7.83. The van der Waals surface area contributed by atoms with Crippen molar-refractivity contribution in [1.82, 2.24) is 0 Å². The zero-order valence-electron chi connectivity index (χ0n) is 11.6. The Kier molecular flexibility index (Phi) is 7.65. The van der Waals surface area contributed by atoms with Gasteiger partial charge in [-0.2, -0.15) is 0 Å². The molecule has 2 unspecified atom stereocenters. The standard InChI is InChI=1S/C14H28O2/c1-6-10-16-14(9-4,13(15)8-3)11-12(5)7-2/h12H,6-11H2,1-5H3. The Bertz CT molecular complexity index is 201. The van der Waals surface area contributed by atoms with Crippen LogP contribution in [-0.2, 0) is 9.53 Å². The minimum atomic E-state index is -0.514. The van der Waals surface area contributed by atoms with Gasteiger partial charge in [-0.25, -0.2) is 0 Å². The highest BCUT2D eigenvalue weighted by molar-refractivity contribution is 5.87. The predicted octanol–water partition coefficient (Wildman–Crippen LogP) is 3.98. The average molecular weight is 228 g/mol. The van der Waals surface area contributed by atoms with Crippen molar-refractivity contribution < 1.29 is 9.53 Å². The first-order chi connectivity index (χ1) is 7.56. The summed E-state index contributed by atoms with van der Waals surface area (Å²) < 4.78 is 5.90. The van der Waals surface area contributed by atoms with E-state index in [0.717, 1.165) is 25.7 Å². The highest BCUT2D eigenvalue weighted by Gasteiger charge is 2.36. The number of hydrogen-bond acceptors (Lipinski definition) is 2. The van der Waals surface area contributed by atoms with Crippen LogP contribution in [0.15, 0.2) is 0 Å². The van der Waals surface area contributed by atoms with Gasteiger partial charge in [0.1, 0.15) is 5.60 Å². The van der Waals surface area contributed by atoms with E-state index in [2.05, 4.69) is 27.7 Å². The summed E-state index contributed by atoms with van der Waals surface area (Å²) in [5.74, 6) is 0.816. The molecule has 0 heterocycles. The molecule has 0 saturated carbocycles. The lowest BCUT2D eigenvalue weighted by Crippen LogP contribution is -2.42. The molecule has 0 amide bonds. The Morgan fingerprint density at radius 1 is 1.25 bits per heavy atom. The number of ketones is 1. The Morgan fingerprint density at radius 3 is 2.25 bits per heavy atom. The summed E-state index contributed by atoms with van der Waals surface area (Å²) >= 11 is 0. The molecule has 0 radical (unpaired) electrons. The van der Waals surface area contributed by atoms with Crippen molar-refractivity contribution in [3.63, 3.8) is 0 Å². The summed E-state index contributed by atoms with van der Waals surface area (Å²) in [5.41, 5.74) is -0.514. The van der Waals surface area contributed by atoms with Crippen LogP contribution in [0.2, 0.25) is 0 Å². The first-order valence-electron chi connectivity index (χ1n) is 6.73. The third kappa shape index (κ3) is 4.25. The fraction of sp³-hybridized carbons (Fsp3) is 0.929. The monoisotopic (exact) mass is 228 g/mol. The quantitative estimate of drug-likeness (QED) is 0.596. The minimum absolute atomic E-state index is 0.267. The number of rotatable bonds is 9. The van der Waals surface area contributed by atoms with Crippen molar-refractivity contribution in [2.45, 2.75) is 72.3 Å². The molecular weight excluding hydrogens is 200 g/mol. The number of ether oxygens (including phenoxy) is 1. The van der Waals surface area contributed by atoms with Gasteiger partial charge in [-0.1, -0.05) is 41.0 Å². The van der Waals surface area contributed by atoms with Gasteiger partial charge in [0.2, 0.25) is 0 Å². The van der Waals surface area contributed by atoms with Crippen LogP contribution in [0, 0.1) is 5.92 Å². The lowest BCUT2D eigenvalue weighted by atomic mass is 9.83. The van der Waals surface area contributed by atoms with Crippen LogP contribution in [0.25, 0.3) is 0 Å². The summed E-state index contributed by atoms with van der Waals surface area (Å²) in [6, 6.07) is 0. The largest absolute Gasteiger partial charge is 0.367 e. The van der Waals surface area contributed by atoms with E-state index in [-0.39, 0.29) is 5.78 Å². The van der Waals surface area contributed by atoms with Crippen LogP contribution in [-0.4, -0.2) is 18.0 Å². The molecule has 0 spiro atoms. The van der Waals surface area contributed by atoms with E-state index in [1.807, 2.05) is 6.92 Å². The number of Topliss-reactive ketones (excluding diaryl/α,β-unsaturated/α-hetero) is 1. The van der Waals surface area contributed by atoms with Gasteiger partial charge in [-0.15, -0.1) is 0 Å². The van der Waals surface area contributed by atoms with Crippen LogP contribution >= 0.6 is 0 Å². The molecule has 2 nitrogen and oxygen atoms in total. The summed E-state index contributed by atoms with van der Waals surface area (Å²) in [6.45, 7) is 11.1. The molecule has 0 aliphatic heterocycles. The Hall–Kier alpha value is -0.370. The molecule has 0 rings (SSSR count). The second-order valence-corrected chi connectivity index (χ2v) is 4.69. The molecule has 0 bridgehead atoms. The molecule has 0 aromatic heterocycles. The predicted molar refractivity (Wildman–Crippen MR) is 68.6 cm³/mol. The van der Waals surface area contributed by atoms with Crippen molar-refractivity contribution in [2.75, 3.05) is 6.61 Å². The number of carbonyl (C=O) groups excluding carboxylic acids is 1. The van der Waals surface area contributed by atoms with Gasteiger partial charge < -0.3 is 4.74 Å². The van der Waals surface area contributed by atoms with Gasteiger partial charge in [0.05, 0.1) is 0 Å². The Balaban J connectivity index is 4.73. The van der Waals surface area contributed by atoms with Gasteiger partial charge in [-0.3, -0.25) is 4.79 Å². The molecular formula is C14H28O2. The zero-order valence-corrected chi connectivity index (χ0v) is 11.6. The van der Waals surface area contributed by atoms with Crippen molar-refractivity contribution in [1.29, 1.82) is 0 Å². The topological polar surface area (TPSA) is 26.3 Å². The molecule has 0 fully saturated rings. The van der Waals surface area contributed by atoms with Gasteiger partial charge >= 0.3 is 0 Å². The van der Waals surface area contributed by atoms with Crippen LogP contribution in [0.4, 0.5) is 0 Å². The average Bonchev–Trinajstić information content (AvgIpc) is 2.33. The highest BCUT2D eigenvalue weighted by Crippen LogP contribution is 2.29. The first-order valence-corrected chi connectivity index (χ1v) is 6.73. The summed E-state index contributed by atoms with van der Waals surface area (Å²) in [4.78, 5) is 12.1. The fourth-order valence-corrected chi connectivity index (χ4v) is 2.02. The SMILES string of the molecule is CCCOC(CC)(CC(C)CC)C(=O)CC. The first kappa shape index (κ1) is 15.6. The molecule has 96 valence electrons. The maximum absolute atomic E-state index is 12.1. The molecule has 2 heteroatoms. The van der Waals surface area contributed by atoms with Gasteiger partial charge in [0.25, 0.3) is 0 Å². The Morgan fingerprint density at radius 2 is 1.88 bits per heavy atom. The minimum Gasteiger partial charge on any atom is -0.367 e. The van der Waals surface area contributed by atoms with E-state index < -0.39 is 5.60 Å². The number of hydrogen-bond donors (Lipinski definition) is 0. The smallest absolute Gasteiger partial charge is 0.164 e. The van der Waals surface area contributed by atoms with Crippen LogP contribution < -0.4 is 0 Å². The van der Waals surface area contributed by atoms with E-state index in [0.29, 0.717) is 18.9 Å². The molecule has 0 aliphatic carbocycles. The maximum atomic E-state index is 12.1. The van der Waals surface area contributed by atoms with E-state index in [1.54, 1.807) is 0 Å². The summed E-state index contributed by atoms with van der Waals surface area (Å²) in [6.07, 6.45) is 4.32. The lowest BCUT2D eigenvalue weighted by molar-refractivity contribution is -0.148. The second-order valence-electron chi connectivity index (χ2n) is 4.69. The molecule has 0 N–H and O–H groups in total. The molecule has 0 aliphatic rings. The zero-order chi connectivity index (χ0) is 12.6. The van der Waals surface area contributed by atoms with Crippen LogP contribution in [0.5, 0.6) is 0 Å². The molecule has 16 heavy (non-hydrogen) atoms. The highest BCUT2D eigenvalue weighted by atomic mass is 16.5. The van der Waals surface area contributed by atoms with E-state index >= 15 is 0 Å². The lowest BCUT2D eigenvalue weighted by Gasteiger charge is -2.33. The molecule has 0 saturated heterocycles. The van der Waals surface area contributed by atoms with E-state index in [1.165, 1.54) is 0 Å². The van der Waals surface area contributed by atoms with Crippen LogP contribution in [0.1, 0.15) is 66.7 Å². The third-order valence-electron chi connectivity index (χ3n) is 3.36. The van der Waals surface area contributed by atoms with Crippen LogP contribution in [0.3, 0.4) is 0 Å². The van der Waals surface area contributed by atoms with Crippen molar-refractivity contribution in [3.8, 4) is 0 Å². The molecule has 0 aromatic carbocycles. The van der Waals surface area contributed by atoms with E-state index in [4.69, 9.17) is 4.74 Å². The van der Waals surface area contributed by atoms with Crippen molar-refractivity contribution in [3.05, 3.63) is 0 Å². The third-order valence-corrected chi connectivity index (χ3v) is 3.36. The molecule has 2 atom stereocenters.